The van der Waals surface area contributed by atoms with Gasteiger partial charge < -0.3 is 4.52 Å². The monoisotopic (exact) mass is 399 g/mol. The molecule has 4 rings (SSSR count). The Bertz CT molecular complexity index is 1070. The Hall–Kier alpha value is -2.73. The van der Waals surface area contributed by atoms with Gasteiger partial charge in [0.2, 0.25) is 15.8 Å². The van der Waals surface area contributed by atoms with Crippen molar-refractivity contribution in [1.82, 2.24) is 24.2 Å². The van der Waals surface area contributed by atoms with Gasteiger partial charge in [-0.1, -0.05) is 5.16 Å². The number of hydrogen-bond acceptors (Lipinski definition) is 6. The molecule has 3 aromatic rings. The van der Waals surface area contributed by atoms with E-state index in [1.807, 2.05) is 0 Å². The third-order valence-corrected chi connectivity index (χ3v) is 5.92. The van der Waals surface area contributed by atoms with Crippen LogP contribution in [-0.4, -0.2) is 45.7 Å². The first-order chi connectivity index (χ1) is 12.7. The van der Waals surface area contributed by atoms with Crippen LogP contribution in [0.4, 0.5) is 13.2 Å². The number of hydrogen-bond donors (Lipinski definition) is 0. The maximum Gasteiger partial charge on any atom is 0.471 e. The number of nitrogens with zero attached hydrogens (tertiary/aromatic N) is 5. The normalized spacial score (nSPS) is 15.7. The third kappa shape index (κ3) is 3.21. The number of benzene rings is 1. The van der Waals surface area contributed by atoms with E-state index in [1.165, 1.54) is 33.5 Å². The molecule has 8 nitrogen and oxygen atoms in total. The molecule has 0 radical (unpaired) electrons. The average molecular weight is 399 g/mol. The molecule has 0 spiro atoms. The first-order valence-corrected chi connectivity index (χ1v) is 9.26. The van der Waals surface area contributed by atoms with Gasteiger partial charge in [0.1, 0.15) is 4.90 Å². The second kappa shape index (κ2) is 6.16. The van der Waals surface area contributed by atoms with Gasteiger partial charge >= 0.3 is 12.1 Å². The lowest BCUT2D eigenvalue weighted by molar-refractivity contribution is -0.159. The van der Waals surface area contributed by atoms with Crippen LogP contribution in [-0.2, 0) is 16.2 Å². The minimum Gasteiger partial charge on any atom is -0.329 e. The lowest BCUT2D eigenvalue weighted by Crippen LogP contribution is -2.41. The lowest BCUT2D eigenvalue weighted by atomic mass is 10.2. The zero-order valence-corrected chi connectivity index (χ0v) is 14.4. The summed E-state index contributed by atoms with van der Waals surface area (Å²) in [5.74, 6) is -1.62. The van der Waals surface area contributed by atoms with E-state index in [2.05, 4.69) is 19.8 Å². The molecule has 3 heterocycles. The Balaban J connectivity index is 1.57. The summed E-state index contributed by atoms with van der Waals surface area (Å²) in [4.78, 5) is 3.40. The molecule has 1 aliphatic heterocycles. The molecule has 1 aromatic carbocycles. The predicted molar refractivity (Wildman–Crippen MR) is 85.2 cm³/mol. The predicted octanol–water partition coefficient (Wildman–Crippen LogP) is 2.34. The van der Waals surface area contributed by atoms with Crippen LogP contribution in [0.2, 0.25) is 0 Å². The molecule has 0 N–H and O–H groups in total. The van der Waals surface area contributed by atoms with E-state index in [0.29, 0.717) is 24.3 Å². The van der Waals surface area contributed by atoms with Gasteiger partial charge in [-0.05, 0) is 30.7 Å². The number of rotatable bonds is 4. The summed E-state index contributed by atoms with van der Waals surface area (Å²) in [5, 5.41) is 7.36. The SMILES string of the molecule is O=S(=O)(c1cnn(-c2ccc(-c3noc(C(F)(F)F)n3)cc2)c1)N1CCC1. The molecule has 2 aromatic heterocycles. The van der Waals surface area contributed by atoms with E-state index in [-0.39, 0.29) is 10.7 Å². The Labute approximate surface area is 151 Å². The van der Waals surface area contributed by atoms with E-state index < -0.39 is 22.1 Å². The molecular weight excluding hydrogens is 387 g/mol. The van der Waals surface area contributed by atoms with Crippen LogP contribution in [0.1, 0.15) is 12.3 Å². The summed E-state index contributed by atoms with van der Waals surface area (Å²) in [6, 6.07) is 6.11. The van der Waals surface area contributed by atoms with Crippen molar-refractivity contribution in [3.05, 3.63) is 42.5 Å². The highest BCUT2D eigenvalue weighted by atomic mass is 32.2. The van der Waals surface area contributed by atoms with Gasteiger partial charge in [0, 0.05) is 18.7 Å². The van der Waals surface area contributed by atoms with Crippen LogP contribution in [0, 0.1) is 0 Å². The number of sulfonamides is 1. The van der Waals surface area contributed by atoms with Crippen molar-refractivity contribution in [2.75, 3.05) is 13.1 Å². The molecule has 1 aliphatic rings. The lowest BCUT2D eigenvalue weighted by Gasteiger charge is -2.28. The van der Waals surface area contributed by atoms with Gasteiger partial charge in [-0.25, -0.2) is 13.1 Å². The second-order valence-corrected chi connectivity index (χ2v) is 7.78. The van der Waals surface area contributed by atoms with Gasteiger partial charge in [-0.15, -0.1) is 0 Å². The molecule has 27 heavy (non-hydrogen) atoms. The summed E-state index contributed by atoms with van der Waals surface area (Å²) < 4.78 is 69.2. The van der Waals surface area contributed by atoms with Gasteiger partial charge in [-0.2, -0.15) is 27.6 Å². The van der Waals surface area contributed by atoms with E-state index >= 15 is 0 Å². The summed E-state index contributed by atoms with van der Waals surface area (Å²) in [7, 11) is -3.54. The van der Waals surface area contributed by atoms with Gasteiger partial charge in [-0.3, -0.25) is 0 Å². The zero-order valence-electron chi connectivity index (χ0n) is 13.6. The molecular formula is C15H12F3N5O3S. The van der Waals surface area contributed by atoms with Crippen molar-refractivity contribution in [3.63, 3.8) is 0 Å². The average Bonchev–Trinajstić information content (AvgIpc) is 3.23. The number of aromatic nitrogens is 4. The van der Waals surface area contributed by atoms with Crippen molar-refractivity contribution in [1.29, 1.82) is 0 Å². The van der Waals surface area contributed by atoms with Crippen LogP contribution >= 0.6 is 0 Å². The summed E-state index contributed by atoms with van der Waals surface area (Å²) in [5.41, 5.74) is 0.849. The molecule has 0 saturated carbocycles. The molecule has 12 heteroatoms. The smallest absolute Gasteiger partial charge is 0.329 e. The van der Waals surface area contributed by atoms with Crippen LogP contribution in [0.15, 0.2) is 46.1 Å². The van der Waals surface area contributed by atoms with Crippen LogP contribution in [0.25, 0.3) is 17.1 Å². The molecule has 0 bridgehead atoms. The fourth-order valence-corrected chi connectivity index (χ4v) is 3.93. The van der Waals surface area contributed by atoms with Crippen molar-refractivity contribution in [2.45, 2.75) is 17.5 Å². The number of alkyl halides is 3. The minimum absolute atomic E-state index is 0.0827. The highest BCUT2D eigenvalue weighted by Crippen LogP contribution is 2.29. The summed E-state index contributed by atoms with van der Waals surface area (Å²) in [6.45, 7) is 0.986. The Kier molecular flexibility index (Phi) is 4.03. The first-order valence-electron chi connectivity index (χ1n) is 7.82. The Morgan fingerprint density at radius 1 is 1.11 bits per heavy atom. The maximum absolute atomic E-state index is 12.5. The zero-order chi connectivity index (χ0) is 19.2. The van der Waals surface area contributed by atoms with E-state index in [4.69, 9.17) is 0 Å². The fourth-order valence-electron chi connectivity index (χ4n) is 2.48. The van der Waals surface area contributed by atoms with E-state index in [9.17, 15) is 21.6 Å². The number of halogens is 3. The largest absolute Gasteiger partial charge is 0.471 e. The van der Waals surface area contributed by atoms with Gasteiger partial charge in [0.25, 0.3) is 0 Å². The molecule has 0 amide bonds. The van der Waals surface area contributed by atoms with Crippen molar-refractivity contribution < 1.29 is 26.1 Å². The summed E-state index contributed by atoms with van der Waals surface area (Å²) >= 11 is 0. The molecule has 1 fully saturated rings. The van der Waals surface area contributed by atoms with Crippen molar-refractivity contribution in [3.8, 4) is 17.1 Å². The standard InChI is InChI=1S/C15H12F3N5O3S/c16-15(17,18)14-20-13(21-26-14)10-2-4-11(5-3-10)23-9-12(8-19-23)27(24,25)22-6-1-7-22/h2-5,8-9H,1,6-7H2. The molecule has 1 saturated heterocycles. The highest BCUT2D eigenvalue weighted by Gasteiger charge is 2.38. The highest BCUT2D eigenvalue weighted by molar-refractivity contribution is 7.89. The molecule has 0 unspecified atom stereocenters. The van der Waals surface area contributed by atoms with Crippen molar-refractivity contribution in [2.24, 2.45) is 0 Å². The maximum atomic E-state index is 12.5. The Morgan fingerprint density at radius 2 is 1.81 bits per heavy atom. The first kappa shape index (κ1) is 17.7. The van der Waals surface area contributed by atoms with E-state index in [0.717, 1.165) is 6.42 Å². The van der Waals surface area contributed by atoms with Gasteiger partial charge in [0.05, 0.1) is 18.1 Å². The molecule has 0 atom stereocenters. The fraction of sp³-hybridized carbons (Fsp3) is 0.267. The molecule has 0 aliphatic carbocycles. The van der Waals surface area contributed by atoms with Crippen molar-refractivity contribution >= 4 is 10.0 Å². The van der Waals surface area contributed by atoms with Gasteiger partial charge in [0.15, 0.2) is 0 Å². The quantitative estimate of drug-likeness (QED) is 0.668. The topological polar surface area (TPSA) is 94.1 Å². The minimum atomic E-state index is -4.71. The van der Waals surface area contributed by atoms with E-state index in [1.54, 1.807) is 12.1 Å². The van der Waals surface area contributed by atoms with Crippen LogP contribution in [0.5, 0.6) is 0 Å². The summed E-state index contributed by atoms with van der Waals surface area (Å²) in [6.07, 6.45) is -1.23. The molecule has 142 valence electrons. The second-order valence-electron chi connectivity index (χ2n) is 5.85. The van der Waals surface area contributed by atoms with Crippen LogP contribution in [0.3, 0.4) is 0 Å². The Morgan fingerprint density at radius 3 is 2.37 bits per heavy atom. The van der Waals surface area contributed by atoms with Crippen LogP contribution < -0.4 is 0 Å². The third-order valence-electron chi connectivity index (χ3n) is 4.07.